The Labute approximate surface area is 226 Å². The Kier molecular flexibility index (Phi) is 5.23. The largest absolute Gasteiger partial charge is 0.439 e. The standard InChI is InChI=1S/C33H27N5O/c1-33(2,3)22-14-16-34-31(18-22)38-28-10-6-4-8-25(28)26-13-12-24(20-30(26)38)39-32-19-23(15-17-35-32)37-21-36-27-9-5-7-11-29(27)37/h4-21H,1-3H3. The zero-order chi connectivity index (χ0) is 26.6. The van der Waals surface area contributed by atoms with Gasteiger partial charge in [-0.3, -0.25) is 9.13 Å². The molecule has 0 aliphatic rings. The van der Waals surface area contributed by atoms with Crippen LogP contribution in [-0.2, 0) is 5.41 Å². The molecule has 0 aliphatic heterocycles. The van der Waals surface area contributed by atoms with Crippen molar-refractivity contribution < 1.29 is 4.74 Å². The van der Waals surface area contributed by atoms with Crippen molar-refractivity contribution in [2.24, 2.45) is 0 Å². The third kappa shape index (κ3) is 4.01. The van der Waals surface area contributed by atoms with Gasteiger partial charge in [0, 0.05) is 35.3 Å². The van der Waals surface area contributed by atoms with Gasteiger partial charge < -0.3 is 4.74 Å². The highest BCUT2D eigenvalue weighted by Gasteiger charge is 2.18. The fraction of sp³-hybridized carbons (Fsp3) is 0.121. The summed E-state index contributed by atoms with van der Waals surface area (Å²) in [5, 5.41) is 2.32. The van der Waals surface area contributed by atoms with Crippen LogP contribution in [0.25, 0.3) is 44.3 Å². The molecule has 3 aromatic carbocycles. The van der Waals surface area contributed by atoms with Gasteiger partial charge in [-0.05, 0) is 59.5 Å². The van der Waals surface area contributed by atoms with Crippen molar-refractivity contribution in [2.45, 2.75) is 26.2 Å². The third-order valence-electron chi connectivity index (χ3n) is 7.16. The summed E-state index contributed by atoms with van der Waals surface area (Å²) in [6.45, 7) is 6.66. The Balaban J connectivity index is 1.33. The van der Waals surface area contributed by atoms with Gasteiger partial charge in [-0.1, -0.05) is 51.1 Å². The first kappa shape index (κ1) is 23.2. The van der Waals surface area contributed by atoms with Crippen LogP contribution in [0.4, 0.5) is 0 Å². The van der Waals surface area contributed by atoms with E-state index in [0.717, 1.165) is 39.0 Å². The fourth-order valence-corrected chi connectivity index (χ4v) is 5.16. The lowest BCUT2D eigenvalue weighted by molar-refractivity contribution is 0.463. The molecule has 6 nitrogen and oxygen atoms in total. The molecule has 0 N–H and O–H groups in total. The zero-order valence-electron chi connectivity index (χ0n) is 22.0. The molecule has 0 spiro atoms. The minimum Gasteiger partial charge on any atom is -0.439 e. The van der Waals surface area contributed by atoms with Gasteiger partial charge in [-0.2, -0.15) is 0 Å². The van der Waals surface area contributed by atoms with Crippen molar-refractivity contribution in [1.29, 1.82) is 0 Å². The van der Waals surface area contributed by atoms with Gasteiger partial charge in [-0.15, -0.1) is 0 Å². The number of ether oxygens (including phenoxy) is 1. The van der Waals surface area contributed by atoms with E-state index in [1.54, 1.807) is 6.20 Å². The number of hydrogen-bond donors (Lipinski definition) is 0. The number of rotatable bonds is 4. The molecule has 6 heteroatoms. The molecule has 0 unspecified atom stereocenters. The molecule has 0 bridgehead atoms. The maximum absolute atomic E-state index is 6.32. The average Bonchev–Trinajstić information content (AvgIpc) is 3.52. The van der Waals surface area contributed by atoms with Crippen molar-refractivity contribution >= 4 is 32.8 Å². The van der Waals surface area contributed by atoms with Gasteiger partial charge in [0.1, 0.15) is 17.9 Å². The van der Waals surface area contributed by atoms with E-state index in [2.05, 4.69) is 89.9 Å². The molecule has 0 atom stereocenters. The van der Waals surface area contributed by atoms with Crippen LogP contribution >= 0.6 is 0 Å². The van der Waals surface area contributed by atoms with Crippen molar-refractivity contribution in [3.8, 4) is 23.1 Å². The van der Waals surface area contributed by atoms with Crippen LogP contribution in [-0.4, -0.2) is 24.1 Å². The Morgan fingerprint density at radius 3 is 2.31 bits per heavy atom. The number of benzene rings is 3. The Hall–Kier alpha value is -4.97. The smallest absolute Gasteiger partial charge is 0.221 e. The quantitative estimate of drug-likeness (QED) is 0.241. The van der Waals surface area contributed by atoms with Gasteiger partial charge in [0.2, 0.25) is 5.88 Å². The lowest BCUT2D eigenvalue weighted by Gasteiger charge is -2.20. The predicted molar refractivity (Wildman–Crippen MR) is 156 cm³/mol. The van der Waals surface area contributed by atoms with Crippen molar-refractivity contribution in [1.82, 2.24) is 24.1 Å². The van der Waals surface area contributed by atoms with Gasteiger partial charge in [-0.25, -0.2) is 15.0 Å². The van der Waals surface area contributed by atoms with Crippen LogP contribution in [0.2, 0.25) is 0 Å². The summed E-state index contributed by atoms with van der Waals surface area (Å²) in [4.78, 5) is 13.8. The molecular formula is C33H27N5O. The maximum Gasteiger partial charge on any atom is 0.221 e. The highest BCUT2D eigenvalue weighted by molar-refractivity contribution is 6.09. The molecule has 0 fully saturated rings. The van der Waals surface area contributed by atoms with E-state index >= 15 is 0 Å². The van der Waals surface area contributed by atoms with E-state index in [0.29, 0.717) is 11.6 Å². The van der Waals surface area contributed by atoms with Crippen LogP contribution in [0.1, 0.15) is 26.3 Å². The van der Waals surface area contributed by atoms with Crippen LogP contribution in [0.15, 0.2) is 110 Å². The molecule has 0 saturated carbocycles. The molecule has 7 rings (SSSR count). The second-order valence-corrected chi connectivity index (χ2v) is 10.7. The molecule has 0 aliphatic carbocycles. The number of hydrogen-bond acceptors (Lipinski definition) is 4. The summed E-state index contributed by atoms with van der Waals surface area (Å²) in [5.41, 5.74) is 6.30. The number of aromatic nitrogens is 5. The van der Waals surface area contributed by atoms with Crippen LogP contribution in [0.3, 0.4) is 0 Å². The van der Waals surface area contributed by atoms with Crippen LogP contribution in [0.5, 0.6) is 11.6 Å². The van der Waals surface area contributed by atoms with E-state index in [9.17, 15) is 0 Å². The summed E-state index contributed by atoms with van der Waals surface area (Å²) < 4.78 is 10.6. The van der Waals surface area contributed by atoms with E-state index < -0.39 is 0 Å². The number of fused-ring (bicyclic) bond motifs is 4. The first-order chi connectivity index (χ1) is 19.0. The highest BCUT2D eigenvalue weighted by Crippen LogP contribution is 2.35. The summed E-state index contributed by atoms with van der Waals surface area (Å²) in [6.07, 6.45) is 5.48. The van der Waals surface area contributed by atoms with Crippen LogP contribution in [0, 0.1) is 0 Å². The lowest BCUT2D eigenvalue weighted by atomic mass is 9.88. The molecule has 0 amide bonds. The first-order valence-electron chi connectivity index (χ1n) is 13.0. The van der Waals surface area contributed by atoms with Gasteiger partial charge in [0.25, 0.3) is 0 Å². The van der Waals surface area contributed by atoms with Crippen molar-refractivity contribution in [3.05, 3.63) is 115 Å². The predicted octanol–water partition coefficient (Wildman–Crippen LogP) is 8.00. The summed E-state index contributed by atoms with van der Waals surface area (Å²) in [6, 6.07) is 30.8. The fourth-order valence-electron chi connectivity index (χ4n) is 5.16. The topological polar surface area (TPSA) is 57.8 Å². The zero-order valence-corrected chi connectivity index (χ0v) is 22.0. The number of nitrogens with zero attached hydrogens (tertiary/aromatic N) is 5. The Bertz CT molecular complexity index is 1990. The normalized spacial score (nSPS) is 12.0. The van der Waals surface area contributed by atoms with Crippen LogP contribution < -0.4 is 4.74 Å². The van der Waals surface area contributed by atoms with Crippen molar-refractivity contribution in [3.63, 3.8) is 0 Å². The van der Waals surface area contributed by atoms with Gasteiger partial charge >= 0.3 is 0 Å². The highest BCUT2D eigenvalue weighted by atomic mass is 16.5. The Morgan fingerprint density at radius 2 is 1.44 bits per heavy atom. The lowest BCUT2D eigenvalue weighted by Crippen LogP contribution is -2.12. The van der Waals surface area contributed by atoms with Gasteiger partial charge in [0.05, 0.1) is 27.8 Å². The number of pyridine rings is 2. The molecule has 190 valence electrons. The monoisotopic (exact) mass is 509 g/mol. The van der Waals surface area contributed by atoms with E-state index in [1.807, 2.05) is 53.5 Å². The van der Waals surface area contributed by atoms with E-state index in [-0.39, 0.29) is 5.41 Å². The molecule has 4 heterocycles. The minimum absolute atomic E-state index is 0.0158. The number of imidazole rings is 1. The summed E-state index contributed by atoms with van der Waals surface area (Å²) in [7, 11) is 0. The Morgan fingerprint density at radius 1 is 0.667 bits per heavy atom. The SMILES string of the molecule is CC(C)(C)c1ccnc(-n2c3ccccc3c3ccc(Oc4cc(-n5cnc6ccccc65)ccn4)cc32)c1. The summed E-state index contributed by atoms with van der Waals surface area (Å²) in [5.74, 6) is 2.11. The molecule has 0 radical (unpaired) electrons. The van der Waals surface area contributed by atoms with Crippen molar-refractivity contribution in [2.75, 3.05) is 0 Å². The minimum atomic E-state index is 0.0158. The van der Waals surface area contributed by atoms with E-state index in [1.165, 1.54) is 10.9 Å². The van der Waals surface area contributed by atoms with Gasteiger partial charge in [0.15, 0.2) is 0 Å². The van der Waals surface area contributed by atoms with E-state index in [4.69, 9.17) is 9.72 Å². The molecule has 4 aromatic heterocycles. The third-order valence-corrected chi connectivity index (χ3v) is 7.16. The summed E-state index contributed by atoms with van der Waals surface area (Å²) >= 11 is 0. The molecule has 39 heavy (non-hydrogen) atoms. The number of para-hydroxylation sites is 3. The maximum atomic E-state index is 6.32. The molecule has 0 saturated heterocycles. The first-order valence-corrected chi connectivity index (χ1v) is 13.0. The molecule has 7 aromatic rings. The molecular weight excluding hydrogens is 482 g/mol. The second kappa shape index (κ2) is 8.81. The average molecular weight is 510 g/mol. The second-order valence-electron chi connectivity index (χ2n) is 10.7.